The van der Waals surface area contributed by atoms with E-state index in [1.807, 2.05) is 0 Å². The third-order valence-electron chi connectivity index (χ3n) is 3.07. The number of carbonyl (C=O) groups excluding carboxylic acids is 1. The standard InChI is InChI=1S/C15H20FNO4/c1-3-12(15(19)20)17(10-9-14(18)21-4-2)13-8-6-5-7-11(13)16/h5-8,12H,3-4,9-10H2,1-2H3,(H,19,20). The lowest BCUT2D eigenvalue weighted by Gasteiger charge is -2.30. The molecule has 0 heterocycles. The molecule has 0 fully saturated rings. The molecule has 1 unspecified atom stereocenters. The van der Waals surface area contributed by atoms with Gasteiger partial charge in [-0.15, -0.1) is 0 Å². The lowest BCUT2D eigenvalue weighted by Crippen LogP contribution is -2.42. The van der Waals surface area contributed by atoms with Gasteiger partial charge in [0, 0.05) is 6.54 Å². The highest BCUT2D eigenvalue weighted by Gasteiger charge is 2.26. The van der Waals surface area contributed by atoms with Crippen LogP contribution in [0.5, 0.6) is 0 Å². The lowest BCUT2D eigenvalue weighted by molar-refractivity contribution is -0.143. The highest BCUT2D eigenvalue weighted by molar-refractivity contribution is 5.79. The van der Waals surface area contributed by atoms with Crippen molar-refractivity contribution in [2.24, 2.45) is 0 Å². The second kappa shape index (κ2) is 8.24. The summed E-state index contributed by atoms with van der Waals surface area (Å²) in [6, 6.07) is 5.04. The number of ether oxygens (including phenoxy) is 1. The number of rotatable bonds is 8. The Hall–Kier alpha value is -2.11. The molecule has 1 rings (SSSR count). The van der Waals surface area contributed by atoms with Crippen LogP contribution in [0, 0.1) is 5.82 Å². The van der Waals surface area contributed by atoms with Gasteiger partial charge in [-0.05, 0) is 25.5 Å². The average Bonchev–Trinajstić information content (AvgIpc) is 2.44. The zero-order valence-corrected chi connectivity index (χ0v) is 12.2. The molecule has 1 aromatic rings. The first-order valence-electron chi connectivity index (χ1n) is 6.90. The normalized spacial score (nSPS) is 11.8. The van der Waals surface area contributed by atoms with Gasteiger partial charge in [0.05, 0.1) is 18.7 Å². The van der Waals surface area contributed by atoms with Crippen LogP contribution in [-0.2, 0) is 14.3 Å². The fourth-order valence-corrected chi connectivity index (χ4v) is 2.10. The highest BCUT2D eigenvalue weighted by Crippen LogP contribution is 2.23. The van der Waals surface area contributed by atoms with Gasteiger partial charge in [0.2, 0.25) is 0 Å². The lowest BCUT2D eigenvalue weighted by atomic mass is 10.1. The molecule has 0 aliphatic rings. The van der Waals surface area contributed by atoms with Gasteiger partial charge in [-0.2, -0.15) is 0 Å². The fraction of sp³-hybridized carbons (Fsp3) is 0.467. The molecular weight excluding hydrogens is 277 g/mol. The minimum Gasteiger partial charge on any atom is -0.480 e. The SMILES string of the molecule is CCOC(=O)CCN(c1ccccc1F)C(CC)C(=O)O. The quantitative estimate of drug-likeness (QED) is 0.747. The number of esters is 1. The fourth-order valence-electron chi connectivity index (χ4n) is 2.10. The van der Waals surface area contributed by atoms with Crippen molar-refractivity contribution in [3.63, 3.8) is 0 Å². The first-order chi connectivity index (χ1) is 10.0. The van der Waals surface area contributed by atoms with Gasteiger partial charge in [0.15, 0.2) is 0 Å². The molecule has 116 valence electrons. The first-order valence-corrected chi connectivity index (χ1v) is 6.90. The van der Waals surface area contributed by atoms with Gasteiger partial charge in [-0.3, -0.25) is 4.79 Å². The van der Waals surface area contributed by atoms with Gasteiger partial charge in [0.25, 0.3) is 0 Å². The van der Waals surface area contributed by atoms with E-state index >= 15 is 0 Å². The number of nitrogens with zero attached hydrogens (tertiary/aromatic N) is 1. The minimum absolute atomic E-state index is 0.00591. The summed E-state index contributed by atoms with van der Waals surface area (Å²) < 4.78 is 18.7. The molecule has 0 spiro atoms. The third kappa shape index (κ3) is 4.73. The summed E-state index contributed by atoms with van der Waals surface area (Å²) >= 11 is 0. The van der Waals surface area contributed by atoms with E-state index in [4.69, 9.17) is 4.74 Å². The Morgan fingerprint density at radius 2 is 2.00 bits per heavy atom. The molecule has 5 nitrogen and oxygen atoms in total. The summed E-state index contributed by atoms with van der Waals surface area (Å²) in [5, 5.41) is 9.28. The molecule has 0 saturated heterocycles. The van der Waals surface area contributed by atoms with Crippen LogP contribution < -0.4 is 4.90 Å². The monoisotopic (exact) mass is 297 g/mol. The molecule has 6 heteroatoms. The summed E-state index contributed by atoms with van der Waals surface area (Å²) in [5.41, 5.74) is 0.177. The molecule has 1 aromatic carbocycles. The number of aliphatic carboxylic acids is 1. The van der Waals surface area contributed by atoms with Gasteiger partial charge in [0.1, 0.15) is 11.9 Å². The molecular formula is C15H20FNO4. The number of carbonyl (C=O) groups is 2. The van der Waals surface area contributed by atoms with Crippen LogP contribution in [-0.4, -0.2) is 36.2 Å². The number of para-hydroxylation sites is 1. The number of halogens is 1. The van der Waals surface area contributed by atoms with E-state index in [0.29, 0.717) is 6.42 Å². The largest absolute Gasteiger partial charge is 0.480 e. The molecule has 0 saturated carbocycles. The second-order valence-electron chi connectivity index (χ2n) is 4.46. The summed E-state index contributed by atoms with van der Waals surface area (Å²) in [6.45, 7) is 3.74. The van der Waals surface area contributed by atoms with Crippen molar-refractivity contribution < 1.29 is 23.8 Å². The van der Waals surface area contributed by atoms with E-state index in [-0.39, 0.29) is 25.3 Å². The van der Waals surface area contributed by atoms with Crippen molar-refractivity contribution in [1.82, 2.24) is 0 Å². The van der Waals surface area contributed by atoms with Crippen LogP contribution in [0.15, 0.2) is 24.3 Å². The van der Waals surface area contributed by atoms with Crippen LogP contribution >= 0.6 is 0 Å². The van der Waals surface area contributed by atoms with Crippen LogP contribution in [0.25, 0.3) is 0 Å². The minimum atomic E-state index is -1.05. The molecule has 0 aliphatic heterocycles. The molecule has 0 aliphatic carbocycles. The second-order valence-corrected chi connectivity index (χ2v) is 4.46. The van der Waals surface area contributed by atoms with Crippen molar-refractivity contribution in [2.75, 3.05) is 18.1 Å². The maximum atomic E-state index is 13.9. The van der Waals surface area contributed by atoms with Crippen LogP contribution in [0.2, 0.25) is 0 Å². The van der Waals surface area contributed by atoms with Crippen molar-refractivity contribution in [3.8, 4) is 0 Å². The smallest absolute Gasteiger partial charge is 0.326 e. The maximum Gasteiger partial charge on any atom is 0.326 e. The van der Waals surface area contributed by atoms with Crippen LogP contribution in [0.4, 0.5) is 10.1 Å². The van der Waals surface area contributed by atoms with Crippen LogP contribution in [0.3, 0.4) is 0 Å². The Morgan fingerprint density at radius 1 is 1.33 bits per heavy atom. The van der Waals surface area contributed by atoms with Crippen molar-refractivity contribution in [2.45, 2.75) is 32.7 Å². The average molecular weight is 297 g/mol. The van der Waals surface area contributed by atoms with Gasteiger partial charge in [-0.1, -0.05) is 19.1 Å². The van der Waals surface area contributed by atoms with Crippen molar-refractivity contribution >= 4 is 17.6 Å². The third-order valence-corrected chi connectivity index (χ3v) is 3.07. The predicted molar refractivity (Wildman–Crippen MR) is 76.7 cm³/mol. The summed E-state index contributed by atoms with van der Waals surface area (Å²) in [7, 11) is 0. The van der Waals surface area contributed by atoms with E-state index < -0.39 is 23.8 Å². The molecule has 0 amide bonds. The maximum absolute atomic E-state index is 13.9. The van der Waals surface area contributed by atoms with Gasteiger partial charge < -0.3 is 14.7 Å². The van der Waals surface area contributed by atoms with Crippen LogP contribution in [0.1, 0.15) is 26.7 Å². The molecule has 0 aromatic heterocycles. The zero-order valence-electron chi connectivity index (χ0n) is 12.2. The molecule has 1 N–H and O–H groups in total. The Balaban J connectivity index is 2.97. The number of carboxylic acids is 1. The summed E-state index contributed by atoms with van der Waals surface area (Å²) in [6.07, 6.45) is 0.304. The van der Waals surface area contributed by atoms with Crippen molar-refractivity contribution in [1.29, 1.82) is 0 Å². The topological polar surface area (TPSA) is 66.8 Å². The summed E-state index contributed by atoms with van der Waals surface area (Å²) in [5.74, 6) is -2.00. The Morgan fingerprint density at radius 3 is 2.52 bits per heavy atom. The summed E-state index contributed by atoms with van der Waals surface area (Å²) in [4.78, 5) is 24.2. The predicted octanol–water partition coefficient (Wildman–Crippen LogP) is 2.45. The number of hydrogen-bond acceptors (Lipinski definition) is 4. The molecule has 0 radical (unpaired) electrons. The molecule has 1 atom stereocenters. The highest BCUT2D eigenvalue weighted by atomic mass is 19.1. The first kappa shape index (κ1) is 16.9. The van der Waals surface area contributed by atoms with E-state index in [2.05, 4.69) is 0 Å². The Labute approximate surface area is 123 Å². The van der Waals surface area contributed by atoms with E-state index in [1.54, 1.807) is 19.9 Å². The van der Waals surface area contributed by atoms with Gasteiger partial charge in [-0.25, -0.2) is 9.18 Å². The van der Waals surface area contributed by atoms with Crippen molar-refractivity contribution in [3.05, 3.63) is 30.1 Å². The number of hydrogen-bond donors (Lipinski definition) is 1. The Bertz CT molecular complexity index is 492. The molecule has 21 heavy (non-hydrogen) atoms. The van der Waals surface area contributed by atoms with E-state index in [1.165, 1.54) is 23.1 Å². The van der Waals surface area contributed by atoms with E-state index in [0.717, 1.165) is 0 Å². The van der Waals surface area contributed by atoms with Gasteiger partial charge >= 0.3 is 11.9 Å². The number of carboxylic acid groups (broad SMARTS) is 1. The number of benzene rings is 1. The van der Waals surface area contributed by atoms with E-state index in [9.17, 15) is 19.1 Å². The number of anilines is 1. The Kier molecular flexibility index (Phi) is 6.65. The zero-order chi connectivity index (χ0) is 15.8. The molecule has 0 bridgehead atoms.